The molecule has 1 N–H and O–H groups in total. The molecule has 5 nitrogen and oxygen atoms in total. The zero-order valence-electron chi connectivity index (χ0n) is 14.3. The summed E-state index contributed by atoms with van der Waals surface area (Å²) in [5.74, 6) is 0.239. The van der Waals surface area contributed by atoms with Gasteiger partial charge < -0.3 is 10.2 Å². The van der Waals surface area contributed by atoms with Crippen LogP contribution in [0.3, 0.4) is 0 Å². The summed E-state index contributed by atoms with van der Waals surface area (Å²) in [6.45, 7) is 6.71. The summed E-state index contributed by atoms with van der Waals surface area (Å²) >= 11 is 0. The molecule has 0 aliphatic carbocycles. The van der Waals surface area contributed by atoms with Crippen LogP contribution in [-0.4, -0.2) is 50.5 Å². The largest absolute Gasteiger partial charge is 0.337 e. The standard InChI is InChI=1S/C17H26N2O3S/c1-13-5-7-14(8-6-13)17(2,3)12-18-16(20)19(4)15-9-10-23(21,22)11-15/h5-8,15H,9-12H2,1-4H3,(H,18,20). The molecule has 1 aliphatic rings. The first-order valence-electron chi connectivity index (χ1n) is 7.89. The number of aryl methyl sites for hydroxylation is 1. The number of rotatable bonds is 4. The molecule has 23 heavy (non-hydrogen) atoms. The predicted molar refractivity (Wildman–Crippen MR) is 92.4 cm³/mol. The lowest BCUT2D eigenvalue weighted by molar-refractivity contribution is 0.193. The van der Waals surface area contributed by atoms with Crippen molar-refractivity contribution in [3.8, 4) is 0 Å². The molecule has 0 spiro atoms. The molecule has 1 aromatic carbocycles. The number of nitrogens with one attached hydrogen (secondary N) is 1. The maximum Gasteiger partial charge on any atom is 0.317 e. The van der Waals surface area contributed by atoms with Gasteiger partial charge in [-0.25, -0.2) is 13.2 Å². The Hall–Kier alpha value is -1.56. The number of amides is 2. The van der Waals surface area contributed by atoms with Crippen LogP contribution in [0.2, 0.25) is 0 Å². The van der Waals surface area contributed by atoms with E-state index >= 15 is 0 Å². The number of sulfone groups is 1. The second kappa shape index (κ2) is 6.51. The molecular formula is C17H26N2O3S. The minimum atomic E-state index is -2.99. The van der Waals surface area contributed by atoms with Gasteiger partial charge in [0.2, 0.25) is 0 Å². The molecule has 1 heterocycles. The summed E-state index contributed by atoms with van der Waals surface area (Å²) in [4.78, 5) is 13.8. The number of urea groups is 1. The SMILES string of the molecule is Cc1ccc(C(C)(C)CNC(=O)N(C)C2CCS(=O)(=O)C2)cc1. The van der Waals surface area contributed by atoms with Crippen molar-refractivity contribution < 1.29 is 13.2 Å². The fourth-order valence-electron chi connectivity index (χ4n) is 2.77. The third-order valence-corrected chi connectivity index (χ3v) is 6.34. The van der Waals surface area contributed by atoms with E-state index < -0.39 is 9.84 Å². The Morgan fingerprint density at radius 3 is 2.43 bits per heavy atom. The quantitative estimate of drug-likeness (QED) is 0.914. The normalized spacial score (nSPS) is 20.3. The van der Waals surface area contributed by atoms with E-state index in [-0.39, 0.29) is 29.0 Å². The Bertz CT molecular complexity index is 666. The molecule has 0 aromatic heterocycles. The van der Waals surface area contributed by atoms with Gasteiger partial charge in [-0.05, 0) is 18.9 Å². The first kappa shape index (κ1) is 17.8. The van der Waals surface area contributed by atoms with E-state index in [2.05, 4.69) is 43.4 Å². The van der Waals surface area contributed by atoms with E-state index in [4.69, 9.17) is 0 Å². The molecule has 0 bridgehead atoms. The van der Waals surface area contributed by atoms with Crippen LogP contribution in [0.4, 0.5) is 4.79 Å². The van der Waals surface area contributed by atoms with Crippen LogP contribution in [0.5, 0.6) is 0 Å². The van der Waals surface area contributed by atoms with Crippen LogP contribution in [0.1, 0.15) is 31.4 Å². The first-order chi connectivity index (χ1) is 10.6. The Morgan fingerprint density at radius 1 is 1.30 bits per heavy atom. The van der Waals surface area contributed by atoms with E-state index in [1.54, 1.807) is 7.05 Å². The summed E-state index contributed by atoms with van der Waals surface area (Å²) in [7, 11) is -1.32. The van der Waals surface area contributed by atoms with Gasteiger partial charge in [-0.3, -0.25) is 0 Å². The molecule has 128 valence electrons. The number of carbonyl (C=O) groups is 1. The van der Waals surface area contributed by atoms with E-state index in [0.717, 1.165) is 5.56 Å². The number of carbonyl (C=O) groups excluding carboxylic acids is 1. The van der Waals surface area contributed by atoms with Crippen LogP contribution in [0, 0.1) is 6.92 Å². The molecule has 1 saturated heterocycles. The van der Waals surface area contributed by atoms with Crippen LogP contribution < -0.4 is 5.32 Å². The molecule has 2 rings (SSSR count). The second-order valence-electron chi connectivity index (χ2n) is 7.08. The van der Waals surface area contributed by atoms with Gasteiger partial charge in [0.1, 0.15) is 0 Å². The summed E-state index contributed by atoms with van der Waals surface area (Å²) in [5, 5.41) is 2.93. The van der Waals surface area contributed by atoms with Gasteiger partial charge in [0.25, 0.3) is 0 Å². The molecule has 1 atom stereocenters. The Kier molecular flexibility index (Phi) is 5.04. The summed E-state index contributed by atoms with van der Waals surface area (Å²) < 4.78 is 23.1. The average Bonchev–Trinajstić information content (AvgIpc) is 2.84. The smallest absolute Gasteiger partial charge is 0.317 e. The molecule has 1 unspecified atom stereocenters. The minimum Gasteiger partial charge on any atom is -0.337 e. The first-order valence-corrected chi connectivity index (χ1v) is 9.71. The van der Waals surface area contributed by atoms with Crippen LogP contribution >= 0.6 is 0 Å². The van der Waals surface area contributed by atoms with Gasteiger partial charge in [-0.15, -0.1) is 0 Å². The molecule has 1 aromatic rings. The van der Waals surface area contributed by atoms with Gasteiger partial charge in [0, 0.05) is 25.0 Å². The van der Waals surface area contributed by atoms with Gasteiger partial charge >= 0.3 is 6.03 Å². The van der Waals surface area contributed by atoms with Crippen molar-refractivity contribution in [3.63, 3.8) is 0 Å². The molecule has 1 aliphatic heterocycles. The maximum atomic E-state index is 12.3. The number of hydrogen-bond acceptors (Lipinski definition) is 3. The van der Waals surface area contributed by atoms with Gasteiger partial charge in [-0.1, -0.05) is 43.7 Å². The van der Waals surface area contributed by atoms with Gasteiger partial charge in [-0.2, -0.15) is 0 Å². The highest BCUT2D eigenvalue weighted by Crippen LogP contribution is 2.23. The average molecular weight is 338 g/mol. The Morgan fingerprint density at radius 2 is 1.91 bits per heavy atom. The monoisotopic (exact) mass is 338 g/mol. The van der Waals surface area contributed by atoms with E-state index in [9.17, 15) is 13.2 Å². The Labute approximate surface area is 139 Å². The molecule has 6 heteroatoms. The predicted octanol–water partition coefficient (Wildman–Crippen LogP) is 2.10. The maximum absolute atomic E-state index is 12.3. The molecular weight excluding hydrogens is 312 g/mol. The van der Waals surface area contributed by atoms with Gasteiger partial charge in [0.15, 0.2) is 9.84 Å². The third kappa shape index (κ3) is 4.47. The van der Waals surface area contributed by atoms with Gasteiger partial charge in [0.05, 0.1) is 11.5 Å². The van der Waals surface area contributed by atoms with Crippen molar-refractivity contribution in [2.75, 3.05) is 25.1 Å². The molecule has 2 amide bonds. The molecule has 1 fully saturated rings. The summed E-state index contributed by atoms with van der Waals surface area (Å²) in [5.41, 5.74) is 2.18. The van der Waals surface area contributed by atoms with Crippen molar-refractivity contribution >= 4 is 15.9 Å². The molecule has 0 saturated carbocycles. The molecule has 0 radical (unpaired) electrons. The van der Waals surface area contributed by atoms with Crippen LogP contribution in [0.15, 0.2) is 24.3 Å². The van der Waals surface area contributed by atoms with Crippen LogP contribution in [0.25, 0.3) is 0 Å². The highest BCUT2D eigenvalue weighted by atomic mass is 32.2. The Balaban J connectivity index is 1.94. The zero-order chi connectivity index (χ0) is 17.3. The topological polar surface area (TPSA) is 66.5 Å². The van der Waals surface area contributed by atoms with Crippen molar-refractivity contribution in [2.45, 2.75) is 38.6 Å². The number of hydrogen-bond donors (Lipinski definition) is 1. The van der Waals surface area contributed by atoms with E-state index in [1.165, 1.54) is 10.5 Å². The second-order valence-corrected chi connectivity index (χ2v) is 9.31. The number of benzene rings is 1. The zero-order valence-corrected chi connectivity index (χ0v) is 15.1. The highest BCUT2D eigenvalue weighted by Gasteiger charge is 2.33. The third-order valence-electron chi connectivity index (χ3n) is 4.59. The van der Waals surface area contributed by atoms with Crippen LogP contribution in [-0.2, 0) is 15.3 Å². The summed E-state index contributed by atoms with van der Waals surface area (Å²) in [6.07, 6.45) is 0.521. The van der Waals surface area contributed by atoms with Crippen molar-refractivity contribution in [2.24, 2.45) is 0 Å². The van der Waals surface area contributed by atoms with Crippen molar-refractivity contribution in [1.82, 2.24) is 10.2 Å². The lowest BCUT2D eigenvalue weighted by Gasteiger charge is -2.29. The minimum absolute atomic E-state index is 0.0677. The number of nitrogens with zero attached hydrogens (tertiary/aromatic N) is 1. The lowest BCUT2D eigenvalue weighted by Crippen LogP contribution is -2.47. The fraction of sp³-hybridized carbons (Fsp3) is 0.588. The fourth-order valence-corrected chi connectivity index (χ4v) is 4.55. The van der Waals surface area contributed by atoms with Crippen molar-refractivity contribution in [1.29, 1.82) is 0 Å². The highest BCUT2D eigenvalue weighted by molar-refractivity contribution is 7.91. The van der Waals surface area contributed by atoms with E-state index in [1.807, 2.05) is 6.92 Å². The lowest BCUT2D eigenvalue weighted by atomic mass is 9.84. The van der Waals surface area contributed by atoms with Crippen molar-refractivity contribution in [3.05, 3.63) is 35.4 Å². The van der Waals surface area contributed by atoms with E-state index in [0.29, 0.717) is 13.0 Å². The summed E-state index contributed by atoms with van der Waals surface area (Å²) in [6, 6.07) is 7.85.